The molecule has 0 saturated carbocycles. The minimum absolute atomic E-state index is 0.123. The zero-order valence-corrected chi connectivity index (χ0v) is 13.5. The van der Waals surface area contributed by atoms with Gasteiger partial charge < -0.3 is 5.73 Å². The van der Waals surface area contributed by atoms with Crippen molar-refractivity contribution >= 4 is 32.0 Å². The van der Waals surface area contributed by atoms with E-state index in [1.807, 2.05) is 30.3 Å². The number of hydrogen-bond acceptors (Lipinski definition) is 5. The number of thiophene rings is 1. The fourth-order valence-corrected chi connectivity index (χ4v) is 5.47. The van der Waals surface area contributed by atoms with Crippen LogP contribution >= 0.6 is 11.3 Å². The molecule has 1 aliphatic heterocycles. The lowest BCUT2D eigenvalue weighted by molar-refractivity contribution is 0.591. The van der Waals surface area contributed by atoms with Crippen LogP contribution in [0.5, 0.6) is 0 Å². The van der Waals surface area contributed by atoms with Gasteiger partial charge in [-0.3, -0.25) is 4.31 Å². The molecule has 1 aliphatic rings. The van der Waals surface area contributed by atoms with Crippen molar-refractivity contribution in [2.24, 2.45) is 0 Å². The largest absolute Gasteiger partial charge is 0.389 e. The van der Waals surface area contributed by atoms with E-state index in [1.165, 1.54) is 10.4 Å². The highest BCUT2D eigenvalue weighted by Crippen LogP contribution is 2.35. The molecule has 0 fully saturated rings. The predicted molar refractivity (Wildman–Crippen MR) is 87.4 cm³/mol. The molecule has 0 spiro atoms. The van der Waals surface area contributed by atoms with E-state index >= 15 is 0 Å². The molecule has 2 N–H and O–H groups in total. The normalized spacial score (nSPS) is 15.0. The van der Waals surface area contributed by atoms with E-state index in [1.54, 1.807) is 0 Å². The number of nitriles is 1. The molecule has 2 heterocycles. The SMILES string of the molecule is N#Cc1cc(S(=O)(=O)N2CCCCc3ccccc32)sc1N. The number of nitrogen functional groups attached to an aromatic ring is 1. The first-order valence-corrected chi connectivity index (χ1v) is 9.20. The Morgan fingerprint density at radius 1 is 1.27 bits per heavy atom. The summed E-state index contributed by atoms with van der Waals surface area (Å²) in [6.07, 6.45) is 2.64. The highest BCUT2D eigenvalue weighted by atomic mass is 32.2. The fourth-order valence-electron chi connectivity index (χ4n) is 2.61. The lowest BCUT2D eigenvalue weighted by Crippen LogP contribution is -2.31. The number of para-hydroxylation sites is 1. The summed E-state index contributed by atoms with van der Waals surface area (Å²) < 4.78 is 27.5. The first-order valence-electron chi connectivity index (χ1n) is 6.94. The van der Waals surface area contributed by atoms with E-state index in [0.29, 0.717) is 6.54 Å². The molecule has 1 aromatic heterocycles. The van der Waals surface area contributed by atoms with Crippen molar-refractivity contribution < 1.29 is 8.42 Å². The minimum atomic E-state index is -3.69. The first-order chi connectivity index (χ1) is 10.5. The van der Waals surface area contributed by atoms with Gasteiger partial charge in [-0.25, -0.2) is 8.42 Å². The van der Waals surface area contributed by atoms with Crippen molar-refractivity contribution in [3.05, 3.63) is 41.5 Å². The van der Waals surface area contributed by atoms with Crippen LogP contribution in [0.4, 0.5) is 10.7 Å². The maximum Gasteiger partial charge on any atom is 0.273 e. The molecule has 5 nitrogen and oxygen atoms in total. The molecule has 0 aliphatic carbocycles. The van der Waals surface area contributed by atoms with Crippen molar-refractivity contribution in [1.29, 1.82) is 5.26 Å². The number of nitrogens with zero attached hydrogens (tertiary/aromatic N) is 2. The average Bonchev–Trinajstić information content (AvgIpc) is 2.76. The van der Waals surface area contributed by atoms with Gasteiger partial charge in [0.1, 0.15) is 15.3 Å². The number of benzene rings is 1. The third kappa shape index (κ3) is 2.45. The first kappa shape index (κ1) is 14.9. The summed E-state index contributed by atoms with van der Waals surface area (Å²) in [6, 6.07) is 10.9. The van der Waals surface area contributed by atoms with Crippen molar-refractivity contribution in [3.8, 4) is 6.07 Å². The number of fused-ring (bicyclic) bond motifs is 1. The van der Waals surface area contributed by atoms with Crippen LogP contribution in [-0.2, 0) is 16.4 Å². The summed E-state index contributed by atoms with van der Waals surface area (Å²) in [6.45, 7) is 0.443. The maximum absolute atomic E-state index is 13.0. The second-order valence-electron chi connectivity index (χ2n) is 5.12. The van der Waals surface area contributed by atoms with Gasteiger partial charge in [0.05, 0.1) is 11.3 Å². The van der Waals surface area contributed by atoms with Gasteiger partial charge in [-0.05, 0) is 37.0 Å². The van der Waals surface area contributed by atoms with Gasteiger partial charge in [0.15, 0.2) is 0 Å². The summed E-state index contributed by atoms with van der Waals surface area (Å²) in [5.41, 5.74) is 7.69. The Labute approximate surface area is 133 Å². The molecule has 1 aromatic carbocycles. The van der Waals surface area contributed by atoms with Crippen LogP contribution in [0.15, 0.2) is 34.5 Å². The van der Waals surface area contributed by atoms with Gasteiger partial charge in [0, 0.05) is 6.54 Å². The van der Waals surface area contributed by atoms with E-state index in [-0.39, 0.29) is 14.8 Å². The quantitative estimate of drug-likeness (QED) is 0.915. The monoisotopic (exact) mass is 333 g/mol. The number of rotatable bonds is 2. The number of aryl methyl sites for hydroxylation is 1. The van der Waals surface area contributed by atoms with Gasteiger partial charge in [-0.2, -0.15) is 5.26 Å². The lowest BCUT2D eigenvalue weighted by atomic mass is 10.1. The summed E-state index contributed by atoms with van der Waals surface area (Å²) in [5, 5.41) is 9.22. The van der Waals surface area contributed by atoms with E-state index in [9.17, 15) is 8.42 Å². The molecular weight excluding hydrogens is 318 g/mol. The molecule has 0 unspecified atom stereocenters. The van der Waals surface area contributed by atoms with Crippen LogP contribution in [0, 0.1) is 11.3 Å². The summed E-state index contributed by atoms with van der Waals surface area (Å²) in [4.78, 5) is 0. The number of anilines is 2. The smallest absolute Gasteiger partial charge is 0.273 e. The molecule has 22 heavy (non-hydrogen) atoms. The van der Waals surface area contributed by atoms with Crippen LogP contribution in [0.3, 0.4) is 0 Å². The van der Waals surface area contributed by atoms with Crippen molar-refractivity contribution in [1.82, 2.24) is 0 Å². The zero-order valence-electron chi connectivity index (χ0n) is 11.8. The molecule has 2 aromatic rings. The predicted octanol–water partition coefficient (Wildman–Crippen LogP) is 2.73. The zero-order chi connectivity index (χ0) is 15.7. The summed E-state index contributed by atoms with van der Waals surface area (Å²) >= 11 is 0.947. The topological polar surface area (TPSA) is 87.2 Å². The fraction of sp³-hybridized carbons (Fsp3) is 0.267. The molecular formula is C15H15N3O2S2. The van der Waals surface area contributed by atoms with Gasteiger partial charge in [0.2, 0.25) is 0 Å². The number of hydrogen-bond donors (Lipinski definition) is 1. The van der Waals surface area contributed by atoms with Gasteiger partial charge in [-0.15, -0.1) is 11.3 Å². The van der Waals surface area contributed by atoms with Gasteiger partial charge in [0.25, 0.3) is 10.0 Å². The Bertz CT molecular complexity index is 850. The standard InChI is InChI=1S/C15H15N3O2S2/c16-10-12-9-14(21-15(12)17)22(19,20)18-8-4-3-6-11-5-1-2-7-13(11)18/h1-2,5,7,9H,3-4,6,8,17H2. The Morgan fingerprint density at radius 3 is 2.77 bits per heavy atom. The van der Waals surface area contributed by atoms with Crippen molar-refractivity contribution in [2.45, 2.75) is 23.5 Å². The van der Waals surface area contributed by atoms with E-state index < -0.39 is 10.0 Å². The van der Waals surface area contributed by atoms with Crippen LogP contribution in [0.25, 0.3) is 0 Å². The Morgan fingerprint density at radius 2 is 2.05 bits per heavy atom. The summed E-state index contributed by atoms with van der Waals surface area (Å²) in [7, 11) is -3.69. The highest BCUT2D eigenvalue weighted by molar-refractivity contribution is 7.94. The Hall–Kier alpha value is -2.04. The van der Waals surface area contributed by atoms with Gasteiger partial charge in [-0.1, -0.05) is 18.2 Å². The average molecular weight is 333 g/mol. The van der Waals surface area contributed by atoms with E-state index in [2.05, 4.69) is 0 Å². The van der Waals surface area contributed by atoms with Crippen LogP contribution < -0.4 is 10.0 Å². The summed E-state index contributed by atoms with van der Waals surface area (Å²) in [5.74, 6) is 0. The minimum Gasteiger partial charge on any atom is -0.389 e. The molecule has 0 atom stereocenters. The number of nitrogens with two attached hydrogens (primary N) is 1. The molecule has 114 valence electrons. The van der Waals surface area contributed by atoms with Crippen LogP contribution in [0.2, 0.25) is 0 Å². The molecule has 0 amide bonds. The van der Waals surface area contributed by atoms with Gasteiger partial charge >= 0.3 is 0 Å². The third-order valence-electron chi connectivity index (χ3n) is 3.72. The molecule has 3 rings (SSSR count). The van der Waals surface area contributed by atoms with E-state index in [0.717, 1.165) is 41.9 Å². The van der Waals surface area contributed by atoms with E-state index in [4.69, 9.17) is 11.0 Å². The maximum atomic E-state index is 13.0. The second kappa shape index (κ2) is 5.63. The molecule has 7 heteroatoms. The molecule has 0 radical (unpaired) electrons. The Kier molecular flexibility index (Phi) is 3.81. The molecule has 0 saturated heterocycles. The Balaban J connectivity index is 2.11. The lowest BCUT2D eigenvalue weighted by Gasteiger charge is -2.23. The van der Waals surface area contributed by atoms with Crippen LogP contribution in [0.1, 0.15) is 24.0 Å². The molecule has 0 bridgehead atoms. The van der Waals surface area contributed by atoms with Crippen molar-refractivity contribution in [3.63, 3.8) is 0 Å². The second-order valence-corrected chi connectivity index (χ2v) is 8.29. The van der Waals surface area contributed by atoms with Crippen molar-refractivity contribution in [2.75, 3.05) is 16.6 Å². The highest BCUT2D eigenvalue weighted by Gasteiger charge is 2.30. The van der Waals surface area contributed by atoms with Crippen LogP contribution in [-0.4, -0.2) is 15.0 Å². The third-order valence-corrected chi connectivity index (χ3v) is 6.95. The number of sulfonamides is 1.